The Morgan fingerprint density at radius 3 is 2.46 bits per heavy atom. The molecule has 0 aliphatic rings. The average Bonchev–Trinajstić information content (AvgIpc) is 2.56. The van der Waals surface area contributed by atoms with Crippen molar-refractivity contribution in [2.24, 2.45) is 0 Å². The Morgan fingerprint density at radius 2 is 1.88 bits per heavy atom. The highest BCUT2D eigenvalue weighted by Crippen LogP contribution is 2.22. The van der Waals surface area contributed by atoms with Crippen molar-refractivity contribution in [3.05, 3.63) is 63.7 Å². The van der Waals surface area contributed by atoms with Crippen LogP contribution in [0.5, 0.6) is 5.75 Å². The summed E-state index contributed by atoms with van der Waals surface area (Å²) in [6, 6.07) is 11.1. The number of nitro groups is 1. The molecular formula is C16H15N3O4S. The van der Waals surface area contributed by atoms with Crippen LogP contribution >= 0.6 is 12.2 Å². The average molecular weight is 345 g/mol. The third kappa shape index (κ3) is 4.26. The van der Waals surface area contributed by atoms with Crippen LogP contribution in [-0.4, -0.2) is 23.1 Å². The maximum Gasteiger partial charge on any atom is 0.274 e. The molecule has 1 amide bonds. The van der Waals surface area contributed by atoms with Crippen molar-refractivity contribution in [3.8, 4) is 5.75 Å². The molecule has 2 aromatic rings. The van der Waals surface area contributed by atoms with Crippen LogP contribution in [0.4, 0.5) is 11.4 Å². The molecule has 2 aromatic carbocycles. The predicted molar refractivity (Wildman–Crippen MR) is 94.5 cm³/mol. The summed E-state index contributed by atoms with van der Waals surface area (Å²) < 4.78 is 5.02. The van der Waals surface area contributed by atoms with E-state index in [2.05, 4.69) is 10.6 Å². The molecule has 0 spiro atoms. The highest BCUT2D eigenvalue weighted by atomic mass is 32.1. The SMILES string of the molecule is COc1ccc(C(=O)NC(=S)Nc2ccc(C)c([N+](=O)[O-])c2)cc1. The molecular weight excluding hydrogens is 330 g/mol. The van der Waals surface area contributed by atoms with E-state index in [0.717, 1.165) is 0 Å². The fourth-order valence-electron chi connectivity index (χ4n) is 1.96. The van der Waals surface area contributed by atoms with Crippen molar-refractivity contribution in [1.29, 1.82) is 0 Å². The second kappa shape index (κ2) is 7.51. The smallest absolute Gasteiger partial charge is 0.274 e. The molecule has 0 aromatic heterocycles. The highest BCUT2D eigenvalue weighted by molar-refractivity contribution is 7.80. The molecule has 0 fully saturated rings. The van der Waals surface area contributed by atoms with Crippen LogP contribution in [0, 0.1) is 17.0 Å². The van der Waals surface area contributed by atoms with Crippen molar-refractivity contribution in [3.63, 3.8) is 0 Å². The van der Waals surface area contributed by atoms with Crippen LogP contribution < -0.4 is 15.4 Å². The van der Waals surface area contributed by atoms with Crippen LogP contribution in [0.2, 0.25) is 0 Å². The summed E-state index contributed by atoms with van der Waals surface area (Å²) in [4.78, 5) is 22.6. The topological polar surface area (TPSA) is 93.5 Å². The van der Waals surface area contributed by atoms with E-state index in [0.29, 0.717) is 22.6 Å². The first-order valence-corrected chi connectivity index (χ1v) is 7.33. The number of aryl methyl sites for hydroxylation is 1. The van der Waals surface area contributed by atoms with E-state index in [9.17, 15) is 14.9 Å². The highest BCUT2D eigenvalue weighted by Gasteiger charge is 2.13. The molecule has 0 radical (unpaired) electrons. The van der Waals surface area contributed by atoms with Crippen molar-refractivity contribution in [2.45, 2.75) is 6.92 Å². The lowest BCUT2D eigenvalue weighted by molar-refractivity contribution is -0.385. The fourth-order valence-corrected chi connectivity index (χ4v) is 2.17. The van der Waals surface area contributed by atoms with Crippen LogP contribution in [0.1, 0.15) is 15.9 Å². The number of amides is 1. The van der Waals surface area contributed by atoms with Crippen molar-refractivity contribution in [2.75, 3.05) is 12.4 Å². The molecule has 2 rings (SSSR count). The lowest BCUT2D eigenvalue weighted by Crippen LogP contribution is -2.34. The summed E-state index contributed by atoms with van der Waals surface area (Å²) in [5, 5.41) is 16.3. The summed E-state index contributed by atoms with van der Waals surface area (Å²) in [5.74, 6) is 0.246. The van der Waals surface area contributed by atoms with Gasteiger partial charge in [0.25, 0.3) is 11.6 Å². The zero-order valence-corrected chi connectivity index (χ0v) is 13.8. The van der Waals surface area contributed by atoms with Crippen LogP contribution in [0.15, 0.2) is 42.5 Å². The van der Waals surface area contributed by atoms with Crippen molar-refractivity contribution >= 4 is 34.6 Å². The third-order valence-corrected chi connectivity index (χ3v) is 3.45. The van der Waals surface area contributed by atoms with Crippen molar-refractivity contribution < 1.29 is 14.5 Å². The summed E-state index contributed by atoms with van der Waals surface area (Å²) in [5.41, 5.74) is 1.35. The molecule has 0 saturated carbocycles. The molecule has 8 heteroatoms. The van der Waals surface area contributed by atoms with Gasteiger partial charge in [-0.15, -0.1) is 0 Å². The number of nitrogens with zero attached hydrogens (tertiary/aromatic N) is 1. The van der Waals surface area contributed by atoms with E-state index in [4.69, 9.17) is 17.0 Å². The number of nitrogens with one attached hydrogen (secondary N) is 2. The zero-order chi connectivity index (χ0) is 17.7. The van der Waals surface area contributed by atoms with E-state index < -0.39 is 10.8 Å². The number of carbonyl (C=O) groups excluding carboxylic acids is 1. The molecule has 2 N–H and O–H groups in total. The van der Waals surface area contributed by atoms with Gasteiger partial charge in [0.1, 0.15) is 5.75 Å². The Hall–Kier alpha value is -3.00. The van der Waals surface area contributed by atoms with E-state index in [1.807, 2.05) is 0 Å². The molecule has 0 saturated heterocycles. The zero-order valence-electron chi connectivity index (χ0n) is 13.0. The maximum atomic E-state index is 12.1. The van der Waals surface area contributed by atoms with Crippen LogP contribution in [0.25, 0.3) is 0 Å². The van der Waals surface area contributed by atoms with Gasteiger partial charge < -0.3 is 10.1 Å². The Balaban J connectivity index is 2.03. The molecule has 0 unspecified atom stereocenters. The number of rotatable bonds is 4. The molecule has 0 aliphatic carbocycles. The van der Waals surface area contributed by atoms with Gasteiger partial charge in [0.15, 0.2) is 5.11 Å². The minimum atomic E-state index is -0.473. The minimum absolute atomic E-state index is 0.0238. The molecule has 0 aliphatic heterocycles. The number of thiocarbonyl (C=S) groups is 1. The number of ether oxygens (including phenoxy) is 1. The predicted octanol–water partition coefficient (Wildman–Crippen LogP) is 3.04. The fraction of sp³-hybridized carbons (Fsp3) is 0.125. The van der Waals surface area contributed by atoms with E-state index >= 15 is 0 Å². The van der Waals surface area contributed by atoms with Crippen molar-refractivity contribution in [1.82, 2.24) is 5.32 Å². The molecule has 24 heavy (non-hydrogen) atoms. The quantitative estimate of drug-likeness (QED) is 0.502. The van der Waals surface area contributed by atoms with Gasteiger partial charge in [0, 0.05) is 22.9 Å². The van der Waals surface area contributed by atoms with Gasteiger partial charge >= 0.3 is 0 Å². The van der Waals surface area contributed by atoms with Crippen LogP contribution in [0.3, 0.4) is 0 Å². The number of hydrogen-bond donors (Lipinski definition) is 2. The second-order valence-electron chi connectivity index (χ2n) is 4.90. The van der Waals surface area contributed by atoms with E-state index in [1.54, 1.807) is 43.3 Å². The standard InChI is InChI=1S/C16H15N3O4S/c1-10-3-6-12(9-14(10)19(21)22)17-16(24)18-15(20)11-4-7-13(23-2)8-5-11/h3-9H,1-2H3,(H2,17,18,20,24). The summed E-state index contributed by atoms with van der Waals surface area (Å²) in [7, 11) is 1.54. The number of benzene rings is 2. The normalized spacial score (nSPS) is 9.92. The summed E-state index contributed by atoms with van der Waals surface area (Å²) >= 11 is 5.07. The first kappa shape index (κ1) is 17.4. The molecule has 7 nitrogen and oxygen atoms in total. The Morgan fingerprint density at radius 1 is 1.21 bits per heavy atom. The Bertz CT molecular complexity index is 790. The van der Waals surface area contributed by atoms with E-state index in [-0.39, 0.29) is 10.8 Å². The minimum Gasteiger partial charge on any atom is -0.497 e. The number of anilines is 1. The second-order valence-corrected chi connectivity index (χ2v) is 5.30. The monoisotopic (exact) mass is 345 g/mol. The number of hydrogen-bond acceptors (Lipinski definition) is 5. The third-order valence-electron chi connectivity index (χ3n) is 3.24. The van der Waals surface area contributed by atoms with Crippen LogP contribution in [-0.2, 0) is 0 Å². The summed E-state index contributed by atoms with van der Waals surface area (Å²) in [6.45, 7) is 1.64. The van der Waals surface area contributed by atoms with Gasteiger partial charge in [-0.3, -0.25) is 20.2 Å². The van der Waals surface area contributed by atoms with Gasteiger partial charge in [0.2, 0.25) is 0 Å². The lowest BCUT2D eigenvalue weighted by Gasteiger charge is -2.10. The number of carbonyl (C=O) groups is 1. The van der Waals surface area contributed by atoms with Gasteiger partial charge in [-0.2, -0.15) is 0 Å². The van der Waals surface area contributed by atoms with Gasteiger partial charge in [0.05, 0.1) is 12.0 Å². The van der Waals surface area contributed by atoms with E-state index in [1.165, 1.54) is 13.2 Å². The van der Waals surface area contributed by atoms with Gasteiger partial charge in [-0.25, -0.2) is 0 Å². The summed E-state index contributed by atoms with van der Waals surface area (Å²) in [6.07, 6.45) is 0. The number of methoxy groups -OCH3 is 1. The molecule has 0 bridgehead atoms. The maximum absolute atomic E-state index is 12.1. The van der Waals surface area contributed by atoms with Gasteiger partial charge in [-0.1, -0.05) is 6.07 Å². The largest absolute Gasteiger partial charge is 0.497 e. The molecule has 0 heterocycles. The first-order chi connectivity index (χ1) is 11.4. The Labute approximate surface area is 143 Å². The van der Waals surface area contributed by atoms with Gasteiger partial charge in [-0.05, 0) is 49.5 Å². The Kier molecular flexibility index (Phi) is 5.43. The lowest BCUT2D eigenvalue weighted by atomic mass is 10.2. The number of nitro benzene ring substituents is 1. The first-order valence-electron chi connectivity index (χ1n) is 6.92. The molecule has 124 valence electrons. The molecule has 0 atom stereocenters.